The molecule has 1 unspecified atom stereocenters. The Morgan fingerprint density at radius 2 is 1.90 bits per heavy atom. The summed E-state index contributed by atoms with van der Waals surface area (Å²) in [6.45, 7) is 6.02. The Morgan fingerprint density at radius 1 is 1.30 bits per heavy atom. The Balaban J connectivity index is 4.78. The maximum absolute atomic E-state index is 12.7. The van der Waals surface area contributed by atoms with Crippen molar-refractivity contribution in [3.63, 3.8) is 0 Å². The number of carbonyl (C=O) groups is 1. The summed E-state index contributed by atoms with van der Waals surface area (Å²) in [4.78, 5) is 12.8. The van der Waals surface area contributed by atoms with Crippen molar-refractivity contribution < 1.29 is 23.4 Å². The summed E-state index contributed by atoms with van der Waals surface area (Å²) < 4.78 is 30.0. The fourth-order valence-electron chi connectivity index (χ4n) is 1.34. The minimum atomic E-state index is -2.25. The predicted molar refractivity (Wildman–Crippen MR) is 72.0 cm³/mol. The highest BCUT2D eigenvalue weighted by Gasteiger charge is 2.23. The first-order valence-electron chi connectivity index (χ1n) is 6.66. The molecule has 0 aromatic carbocycles. The van der Waals surface area contributed by atoms with Gasteiger partial charge in [0.2, 0.25) is 5.76 Å². The van der Waals surface area contributed by atoms with Gasteiger partial charge < -0.3 is 14.7 Å². The number of aliphatic hydroxyl groups is 1. The second-order valence-corrected chi connectivity index (χ2v) is 3.99. The summed E-state index contributed by atoms with van der Waals surface area (Å²) >= 11 is 0. The highest BCUT2D eigenvalue weighted by molar-refractivity contribution is 5.69. The number of ether oxygens (including phenoxy) is 1. The van der Waals surface area contributed by atoms with Gasteiger partial charge in [0.15, 0.2) is 6.10 Å². The molecule has 0 aliphatic rings. The van der Waals surface area contributed by atoms with E-state index in [4.69, 9.17) is 0 Å². The van der Waals surface area contributed by atoms with Crippen LogP contribution in [-0.2, 0) is 4.74 Å². The lowest BCUT2D eigenvalue weighted by atomic mass is 10.2. The van der Waals surface area contributed by atoms with Crippen LogP contribution in [0.15, 0.2) is 11.8 Å². The fourth-order valence-corrected chi connectivity index (χ4v) is 1.34. The zero-order chi connectivity index (χ0) is 15.5. The van der Waals surface area contributed by atoms with Gasteiger partial charge in [0, 0.05) is 19.5 Å². The summed E-state index contributed by atoms with van der Waals surface area (Å²) in [6, 6.07) is 0. The van der Waals surface area contributed by atoms with Crippen molar-refractivity contribution >= 4 is 6.09 Å². The molecule has 4 nitrogen and oxygen atoms in total. The molecule has 1 amide bonds. The van der Waals surface area contributed by atoms with Crippen LogP contribution in [-0.4, -0.2) is 35.3 Å². The number of halogens is 2. The topological polar surface area (TPSA) is 49.8 Å². The first kappa shape index (κ1) is 18.4. The summed E-state index contributed by atoms with van der Waals surface area (Å²) in [6.07, 6.45) is -2.73. The van der Waals surface area contributed by atoms with Crippen LogP contribution in [0.25, 0.3) is 0 Å². The van der Waals surface area contributed by atoms with Crippen molar-refractivity contribution in [3.8, 4) is 11.8 Å². The van der Waals surface area contributed by atoms with Crippen LogP contribution in [0.3, 0.4) is 0 Å². The fraction of sp³-hybridized carbons (Fsp3) is 0.643. The van der Waals surface area contributed by atoms with Crippen molar-refractivity contribution in [1.29, 1.82) is 0 Å². The average molecular weight is 289 g/mol. The van der Waals surface area contributed by atoms with Crippen LogP contribution in [0.1, 0.15) is 40.0 Å². The van der Waals surface area contributed by atoms with Crippen LogP contribution >= 0.6 is 0 Å². The molecule has 0 aliphatic carbocycles. The van der Waals surface area contributed by atoms with E-state index < -0.39 is 24.0 Å². The number of aliphatic hydroxyl groups excluding tert-OH is 1. The molecule has 0 saturated carbocycles. The van der Waals surface area contributed by atoms with E-state index in [2.05, 4.69) is 16.6 Å². The van der Waals surface area contributed by atoms with E-state index in [0.29, 0.717) is 19.5 Å². The molecule has 6 heteroatoms. The number of unbranched alkanes of at least 4 members (excludes halogenated alkanes) is 2. The largest absolute Gasteiger partial charge is 0.415 e. The molecule has 1 atom stereocenters. The van der Waals surface area contributed by atoms with E-state index in [1.54, 1.807) is 13.8 Å². The van der Waals surface area contributed by atoms with E-state index in [0.717, 1.165) is 12.8 Å². The van der Waals surface area contributed by atoms with Gasteiger partial charge in [0.05, 0.1) is 0 Å². The number of carbonyl (C=O) groups excluding carboxylic acids is 1. The molecule has 20 heavy (non-hydrogen) atoms. The van der Waals surface area contributed by atoms with Gasteiger partial charge >= 0.3 is 12.2 Å². The molecular weight excluding hydrogens is 268 g/mol. The number of rotatable bonds is 6. The summed E-state index contributed by atoms with van der Waals surface area (Å²) in [5.74, 6) is 3.74. The van der Waals surface area contributed by atoms with Crippen LogP contribution < -0.4 is 0 Å². The molecule has 0 aliphatic heterocycles. The SMILES string of the molecule is CCCCC#CC(O)C(OC(=O)N(CC)CC)=C(F)F. The molecule has 1 N–H and O–H groups in total. The number of amides is 1. The third-order valence-electron chi connectivity index (χ3n) is 2.55. The van der Waals surface area contributed by atoms with E-state index in [-0.39, 0.29) is 0 Å². The Hall–Kier alpha value is -1.61. The van der Waals surface area contributed by atoms with E-state index in [9.17, 15) is 18.7 Å². The first-order chi connectivity index (χ1) is 9.47. The lowest BCUT2D eigenvalue weighted by molar-refractivity contribution is 0.0991. The maximum Gasteiger partial charge on any atom is 0.415 e. The van der Waals surface area contributed by atoms with Crippen LogP contribution in [0.5, 0.6) is 0 Å². The quantitative estimate of drug-likeness (QED) is 0.464. The summed E-state index contributed by atoms with van der Waals surface area (Å²) in [5, 5.41) is 9.55. The van der Waals surface area contributed by atoms with Crippen molar-refractivity contribution in [2.24, 2.45) is 0 Å². The zero-order valence-corrected chi connectivity index (χ0v) is 12.1. The molecule has 0 radical (unpaired) electrons. The minimum Gasteiger partial charge on any atom is -0.405 e. The van der Waals surface area contributed by atoms with Gasteiger partial charge in [-0.1, -0.05) is 19.3 Å². The molecule has 0 fully saturated rings. The third kappa shape index (κ3) is 6.53. The van der Waals surface area contributed by atoms with Gasteiger partial charge in [0.1, 0.15) is 0 Å². The third-order valence-corrected chi connectivity index (χ3v) is 2.55. The standard InChI is InChI=1S/C14H21F2NO3/c1-4-7-8-9-10-11(18)12(13(15)16)20-14(19)17(5-2)6-3/h11,18H,4-8H2,1-3H3. The van der Waals surface area contributed by atoms with Crippen molar-refractivity contribution in [3.05, 3.63) is 11.8 Å². The van der Waals surface area contributed by atoms with E-state index in [1.807, 2.05) is 6.92 Å². The molecule has 0 aromatic rings. The van der Waals surface area contributed by atoms with Gasteiger partial charge in [-0.15, -0.1) is 5.92 Å². The van der Waals surface area contributed by atoms with Crippen molar-refractivity contribution in [2.45, 2.75) is 46.1 Å². The smallest absolute Gasteiger partial charge is 0.405 e. The van der Waals surface area contributed by atoms with E-state index >= 15 is 0 Å². The van der Waals surface area contributed by atoms with Crippen LogP contribution in [0.2, 0.25) is 0 Å². The predicted octanol–water partition coefficient (Wildman–Crippen LogP) is 3.13. The molecule has 0 bridgehead atoms. The highest BCUT2D eigenvalue weighted by atomic mass is 19.3. The van der Waals surface area contributed by atoms with Gasteiger partial charge in [-0.05, 0) is 20.3 Å². The molecule has 0 heterocycles. The Morgan fingerprint density at radius 3 is 2.35 bits per heavy atom. The molecule has 0 aromatic heterocycles. The lowest BCUT2D eigenvalue weighted by Crippen LogP contribution is -2.32. The molecule has 0 spiro atoms. The Kier molecular flexibility index (Phi) is 9.39. The van der Waals surface area contributed by atoms with Crippen molar-refractivity contribution in [1.82, 2.24) is 4.90 Å². The minimum absolute atomic E-state index is 0.328. The number of nitrogens with zero attached hydrogens (tertiary/aromatic N) is 1. The highest BCUT2D eigenvalue weighted by Crippen LogP contribution is 2.15. The Bertz CT molecular complexity index is 391. The second kappa shape index (κ2) is 10.2. The van der Waals surface area contributed by atoms with Gasteiger partial charge in [-0.25, -0.2) is 4.79 Å². The summed E-state index contributed by atoms with van der Waals surface area (Å²) in [5.41, 5.74) is 0. The summed E-state index contributed by atoms with van der Waals surface area (Å²) in [7, 11) is 0. The molecule has 0 rings (SSSR count). The average Bonchev–Trinajstić information content (AvgIpc) is 2.41. The van der Waals surface area contributed by atoms with Crippen molar-refractivity contribution in [2.75, 3.05) is 13.1 Å². The first-order valence-corrected chi connectivity index (χ1v) is 6.66. The lowest BCUT2D eigenvalue weighted by Gasteiger charge is -2.19. The monoisotopic (exact) mass is 289 g/mol. The second-order valence-electron chi connectivity index (χ2n) is 3.99. The molecular formula is C14H21F2NO3. The van der Waals surface area contributed by atoms with Crippen LogP contribution in [0.4, 0.5) is 13.6 Å². The van der Waals surface area contributed by atoms with Gasteiger partial charge in [-0.2, -0.15) is 8.78 Å². The van der Waals surface area contributed by atoms with Gasteiger partial charge in [0.25, 0.3) is 0 Å². The normalized spacial score (nSPS) is 11.1. The Labute approximate surface area is 118 Å². The zero-order valence-electron chi connectivity index (χ0n) is 12.1. The number of hydrogen-bond acceptors (Lipinski definition) is 3. The van der Waals surface area contributed by atoms with Crippen LogP contribution in [0, 0.1) is 11.8 Å². The molecule has 114 valence electrons. The van der Waals surface area contributed by atoms with E-state index in [1.165, 1.54) is 4.90 Å². The maximum atomic E-state index is 12.7. The number of hydrogen-bond donors (Lipinski definition) is 1. The molecule has 0 saturated heterocycles. The van der Waals surface area contributed by atoms with Gasteiger partial charge in [-0.3, -0.25) is 0 Å².